The molecule has 1 aliphatic heterocycles. The number of carboxylic acids is 1. The summed E-state index contributed by atoms with van der Waals surface area (Å²) in [5.74, 6) is -0.356. The Balaban J connectivity index is 1.69. The van der Waals surface area contributed by atoms with Gasteiger partial charge in [-0.15, -0.1) is 0 Å². The number of benzene rings is 1. The van der Waals surface area contributed by atoms with E-state index in [0.29, 0.717) is 31.7 Å². The van der Waals surface area contributed by atoms with E-state index in [1.54, 1.807) is 17.0 Å². The first-order valence-electron chi connectivity index (χ1n) is 6.94. The Hall–Kier alpha value is -2.08. The van der Waals surface area contributed by atoms with Crippen LogP contribution in [-0.2, 0) is 14.3 Å². The first-order valence-corrected chi connectivity index (χ1v) is 6.94. The van der Waals surface area contributed by atoms with E-state index < -0.39 is 5.97 Å². The number of para-hydroxylation sites is 1. The van der Waals surface area contributed by atoms with Gasteiger partial charge < -0.3 is 19.5 Å². The molecule has 1 aromatic carbocycles. The van der Waals surface area contributed by atoms with Crippen molar-refractivity contribution in [3.05, 3.63) is 30.3 Å². The van der Waals surface area contributed by atoms with Gasteiger partial charge in [-0.2, -0.15) is 0 Å². The van der Waals surface area contributed by atoms with Crippen LogP contribution in [0.25, 0.3) is 0 Å². The molecule has 1 saturated heterocycles. The predicted molar refractivity (Wildman–Crippen MR) is 75.1 cm³/mol. The van der Waals surface area contributed by atoms with E-state index in [1.807, 2.05) is 18.2 Å². The molecule has 0 radical (unpaired) electrons. The Kier molecular flexibility index (Phi) is 5.57. The number of carbonyl (C=O) groups is 2. The van der Waals surface area contributed by atoms with Crippen LogP contribution in [-0.4, -0.2) is 54.3 Å². The fraction of sp³-hybridized carbons (Fsp3) is 0.467. The molecule has 6 heteroatoms. The van der Waals surface area contributed by atoms with E-state index in [9.17, 15) is 9.59 Å². The average Bonchev–Trinajstić information content (AvgIpc) is 2.52. The van der Waals surface area contributed by atoms with Gasteiger partial charge in [-0.1, -0.05) is 18.2 Å². The summed E-state index contributed by atoms with van der Waals surface area (Å²) in [5.41, 5.74) is 0. The quantitative estimate of drug-likeness (QED) is 0.851. The van der Waals surface area contributed by atoms with Crippen molar-refractivity contribution < 1.29 is 24.2 Å². The molecular weight excluding hydrogens is 274 g/mol. The average molecular weight is 293 g/mol. The number of rotatable bonds is 6. The number of amides is 1. The normalized spacial score (nSPS) is 15.7. The first kappa shape index (κ1) is 15.3. The van der Waals surface area contributed by atoms with E-state index in [1.165, 1.54) is 0 Å². The van der Waals surface area contributed by atoms with Crippen LogP contribution in [0.1, 0.15) is 12.8 Å². The summed E-state index contributed by atoms with van der Waals surface area (Å²) in [6.45, 7) is 0.878. The molecule has 1 fully saturated rings. The number of nitrogens with zero attached hydrogens (tertiary/aromatic N) is 1. The third kappa shape index (κ3) is 5.07. The minimum atomic E-state index is -0.968. The van der Waals surface area contributed by atoms with Crippen molar-refractivity contribution in [3.63, 3.8) is 0 Å². The molecule has 1 aromatic rings. The lowest BCUT2D eigenvalue weighted by Crippen LogP contribution is -2.43. The second-order valence-corrected chi connectivity index (χ2v) is 4.89. The van der Waals surface area contributed by atoms with E-state index in [-0.39, 0.29) is 25.2 Å². The maximum absolute atomic E-state index is 12.0. The van der Waals surface area contributed by atoms with Crippen LogP contribution < -0.4 is 4.74 Å². The number of carboxylic acid groups (broad SMARTS) is 1. The van der Waals surface area contributed by atoms with Crippen molar-refractivity contribution >= 4 is 11.9 Å². The van der Waals surface area contributed by atoms with Gasteiger partial charge in [0.1, 0.15) is 12.4 Å². The summed E-state index contributed by atoms with van der Waals surface area (Å²) < 4.78 is 10.7. The predicted octanol–water partition coefficient (Wildman–Crippen LogP) is 1.16. The number of ether oxygens (including phenoxy) is 2. The smallest absolute Gasteiger partial charge is 0.329 e. The summed E-state index contributed by atoms with van der Waals surface area (Å²) in [6, 6.07) is 9.20. The molecule has 0 aliphatic carbocycles. The van der Waals surface area contributed by atoms with Crippen LogP contribution in [0.3, 0.4) is 0 Å². The molecule has 1 heterocycles. The number of likely N-dealkylation sites (tertiary alicyclic amines) is 1. The van der Waals surface area contributed by atoms with E-state index >= 15 is 0 Å². The zero-order valence-electron chi connectivity index (χ0n) is 11.7. The molecule has 1 amide bonds. The van der Waals surface area contributed by atoms with Crippen LogP contribution in [0.4, 0.5) is 0 Å². The largest absolute Gasteiger partial charge is 0.484 e. The summed E-state index contributed by atoms with van der Waals surface area (Å²) in [5, 5.41) is 8.56. The minimum Gasteiger partial charge on any atom is -0.484 e. The van der Waals surface area contributed by atoms with E-state index in [4.69, 9.17) is 14.6 Å². The van der Waals surface area contributed by atoms with Crippen molar-refractivity contribution in [2.75, 3.05) is 26.3 Å². The monoisotopic (exact) mass is 293 g/mol. The van der Waals surface area contributed by atoms with Gasteiger partial charge in [0.25, 0.3) is 5.91 Å². The Labute approximate surface area is 123 Å². The van der Waals surface area contributed by atoms with Crippen LogP contribution >= 0.6 is 0 Å². The van der Waals surface area contributed by atoms with Crippen molar-refractivity contribution in [1.29, 1.82) is 0 Å². The molecule has 114 valence electrons. The number of hydrogen-bond acceptors (Lipinski definition) is 4. The van der Waals surface area contributed by atoms with Crippen molar-refractivity contribution in [2.45, 2.75) is 18.9 Å². The molecule has 0 atom stereocenters. The molecule has 1 aliphatic rings. The molecule has 0 spiro atoms. The molecule has 21 heavy (non-hydrogen) atoms. The lowest BCUT2D eigenvalue weighted by molar-refractivity contribution is -0.147. The number of hydrogen-bond donors (Lipinski definition) is 1. The van der Waals surface area contributed by atoms with Gasteiger partial charge >= 0.3 is 5.97 Å². The van der Waals surface area contributed by atoms with Gasteiger partial charge in [0.15, 0.2) is 6.61 Å². The molecular formula is C15H19NO5. The maximum atomic E-state index is 12.0. The molecule has 1 N–H and O–H groups in total. The van der Waals surface area contributed by atoms with Crippen molar-refractivity contribution in [3.8, 4) is 5.75 Å². The van der Waals surface area contributed by atoms with Crippen LogP contribution in [0.15, 0.2) is 30.3 Å². The second-order valence-electron chi connectivity index (χ2n) is 4.89. The molecule has 0 aromatic heterocycles. The highest BCUT2D eigenvalue weighted by atomic mass is 16.5. The van der Waals surface area contributed by atoms with Gasteiger partial charge in [-0.05, 0) is 25.0 Å². The van der Waals surface area contributed by atoms with Gasteiger partial charge in [0, 0.05) is 13.1 Å². The van der Waals surface area contributed by atoms with Gasteiger partial charge in [-0.3, -0.25) is 4.79 Å². The first-order chi connectivity index (χ1) is 10.1. The van der Waals surface area contributed by atoms with Crippen molar-refractivity contribution in [2.24, 2.45) is 0 Å². The second kappa shape index (κ2) is 7.64. The highest BCUT2D eigenvalue weighted by molar-refractivity contribution is 5.77. The van der Waals surface area contributed by atoms with Gasteiger partial charge in [0.05, 0.1) is 6.10 Å². The minimum absolute atomic E-state index is 0.0185. The SMILES string of the molecule is O=C(O)COC1CCN(C(=O)COc2ccccc2)CC1. The van der Waals surface area contributed by atoms with Crippen LogP contribution in [0.2, 0.25) is 0 Å². The molecule has 0 bridgehead atoms. The Bertz CT molecular complexity index is 468. The summed E-state index contributed by atoms with van der Waals surface area (Å²) in [6.07, 6.45) is 1.23. The number of aliphatic carboxylic acids is 1. The topological polar surface area (TPSA) is 76.1 Å². The zero-order valence-corrected chi connectivity index (χ0v) is 11.7. The summed E-state index contributed by atoms with van der Waals surface area (Å²) >= 11 is 0. The van der Waals surface area contributed by atoms with E-state index in [0.717, 1.165) is 0 Å². The third-order valence-electron chi connectivity index (χ3n) is 3.34. The van der Waals surface area contributed by atoms with Crippen molar-refractivity contribution in [1.82, 2.24) is 4.90 Å². The zero-order chi connectivity index (χ0) is 15.1. The molecule has 6 nitrogen and oxygen atoms in total. The third-order valence-corrected chi connectivity index (χ3v) is 3.34. The highest BCUT2D eigenvalue weighted by Gasteiger charge is 2.23. The summed E-state index contributed by atoms with van der Waals surface area (Å²) in [7, 11) is 0. The fourth-order valence-electron chi connectivity index (χ4n) is 2.21. The van der Waals surface area contributed by atoms with Crippen LogP contribution in [0.5, 0.6) is 5.75 Å². The van der Waals surface area contributed by atoms with Crippen LogP contribution in [0, 0.1) is 0 Å². The maximum Gasteiger partial charge on any atom is 0.329 e. The Morgan fingerprint density at radius 2 is 1.81 bits per heavy atom. The standard InChI is InChI=1S/C15H19NO5/c17-14(10-20-12-4-2-1-3-5-12)16-8-6-13(7-9-16)21-11-15(18)19/h1-5,13H,6-11H2,(H,18,19). The fourth-order valence-corrected chi connectivity index (χ4v) is 2.21. The van der Waals surface area contributed by atoms with Gasteiger partial charge in [-0.25, -0.2) is 4.79 Å². The molecule has 0 unspecified atom stereocenters. The Morgan fingerprint density at radius 1 is 1.14 bits per heavy atom. The van der Waals surface area contributed by atoms with E-state index in [2.05, 4.69) is 0 Å². The summed E-state index contributed by atoms with van der Waals surface area (Å²) in [4.78, 5) is 24.2. The lowest BCUT2D eigenvalue weighted by atomic mass is 10.1. The highest BCUT2D eigenvalue weighted by Crippen LogP contribution is 2.14. The number of carbonyl (C=O) groups excluding carboxylic acids is 1. The molecule has 2 rings (SSSR count). The van der Waals surface area contributed by atoms with Gasteiger partial charge in [0.2, 0.25) is 0 Å². The number of piperidine rings is 1. The molecule has 0 saturated carbocycles. The lowest BCUT2D eigenvalue weighted by Gasteiger charge is -2.31. The Morgan fingerprint density at radius 3 is 2.43 bits per heavy atom.